The van der Waals surface area contributed by atoms with Crippen LogP contribution in [-0.4, -0.2) is 86.3 Å². The van der Waals surface area contributed by atoms with E-state index in [0.717, 1.165) is 52.3 Å². The second-order valence-corrected chi connectivity index (χ2v) is 12.2. The molecule has 4 aromatic rings. The third kappa shape index (κ3) is 6.88. The number of nitrogens with one attached hydrogen (secondary N) is 4. The smallest absolute Gasteiger partial charge is 0.407 e. The Bertz CT molecular complexity index is 1760. The third-order valence-electron chi connectivity index (χ3n) is 8.66. The van der Waals surface area contributed by atoms with E-state index in [2.05, 4.69) is 42.7 Å². The van der Waals surface area contributed by atoms with Gasteiger partial charge in [0.1, 0.15) is 24.2 Å². The first-order valence-corrected chi connectivity index (χ1v) is 15.7. The zero-order valence-electron chi connectivity index (χ0n) is 26.6. The second kappa shape index (κ2) is 13.5. The molecule has 4 N–H and O–H groups in total. The number of imidazole rings is 2. The van der Waals surface area contributed by atoms with Gasteiger partial charge in [-0.15, -0.1) is 0 Å². The number of amides is 4. The van der Waals surface area contributed by atoms with Crippen molar-refractivity contribution in [3.63, 3.8) is 0 Å². The van der Waals surface area contributed by atoms with Gasteiger partial charge in [-0.05, 0) is 41.0 Å². The highest BCUT2D eigenvalue weighted by atomic mass is 16.5. The van der Waals surface area contributed by atoms with Gasteiger partial charge in [-0.1, -0.05) is 62.4 Å². The van der Waals surface area contributed by atoms with Crippen LogP contribution >= 0.6 is 0 Å². The molecule has 0 unspecified atom stereocenters. The minimum absolute atomic E-state index is 0.0109. The normalized spacial score (nSPS) is 17.1. The maximum Gasteiger partial charge on any atom is 0.407 e. The Morgan fingerprint density at radius 1 is 0.936 bits per heavy atom. The Kier molecular flexibility index (Phi) is 9.05. The van der Waals surface area contributed by atoms with Gasteiger partial charge in [-0.2, -0.15) is 0 Å². The molecule has 4 amide bonds. The highest BCUT2D eigenvalue weighted by Gasteiger charge is 2.37. The number of carbonyl (C=O) groups is 4. The van der Waals surface area contributed by atoms with Crippen LogP contribution in [0.3, 0.4) is 0 Å². The molecule has 2 atom stereocenters. The first kappa shape index (κ1) is 31.5. The summed E-state index contributed by atoms with van der Waals surface area (Å²) in [6, 6.07) is 15.4. The predicted molar refractivity (Wildman–Crippen MR) is 173 cm³/mol. The highest BCUT2D eigenvalue weighted by Crippen LogP contribution is 2.33. The Morgan fingerprint density at radius 3 is 2.19 bits per heavy atom. The van der Waals surface area contributed by atoms with Crippen LogP contribution in [0.15, 0.2) is 60.9 Å². The van der Waals surface area contributed by atoms with Gasteiger partial charge < -0.3 is 35.1 Å². The van der Waals surface area contributed by atoms with Crippen LogP contribution in [0.2, 0.25) is 0 Å². The van der Waals surface area contributed by atoms with Crippen molar-refractivity contribution in [2.24, 2.45) is 5.92 Å². The first-order valence-electron chi connectivity index (χ1n) is 15.7. The SMILES string of the molecule is COC(=O)N[C@H](C(=O)N1CCC[C@H]1c1ncc(-c2ccc(-c3ccc(-c4cnc(CN5CC(=O)NCC5=O)[nH]4)cc3)cc2)[nH]1)C(C)C. The summed E-state index contributed by atoms with van der Waals surface area (Å²) in [7, 11) is 1.29. The third-order valence-corrected chi connectivity index (χ3v) is 8.66. The molecule has 13 heteroatoms. The van der Waals surface area contributed by atoms with Crippen LogP contribution < -0.4 is 10.6 Å². The number of piperazine rings is 1. The molecular formula is C34H38N8O5. The molecule has 0 saturated carbocycles. The molecule has 4 heterocycles. The highest BCUT2D eigenvalue weighted by molar-refractivity contribution is 5.92. The number of aromatic amines is 2. The molecule has 2 fully saturated rings. The largest absolute Gasteiger partial charge is 0.453 e. The van der Waals surface area contributed by atoms with Crippen LogP contribution in [0.25, 0.3) is 33.6 Å². The monoisotopic (exact) mass is 638 g/mol. The Labute approximate surface area is 272 Å². The summed E-state index contributed by atoms with van der Waals surface area (Å²) < 4.78 is 4.73. The fraction of sp³-hybridized carbons (Fsp3) is 0.353. The number of aromatic nitrogens is 4. The van der Waals surface area contributed by atoms with Crippen molar-refractivity contribution in [1.29, 1.82) is 0 Å². The summed E-state index contributed by atoms with van der Waals surface area (Å²) in [5.41, 5.74) is 5.72. The van der Waals surface area contributed by atoms with E-state index >= 15 is 0 Å². The molecule has 0 spiro atoms. The van der Waals surface area contributed by atoms with Crippen molar-refractivity contribution in [1.82, 2.24) is 40.4 Å². The van der Waals surface area contributed by atoms with E-state index in [1.165, 1.54) is 12.0 Å². The molecule has 2 aliphatic rings. The summed E-state index contributed by atoms with van der Waals surface area (Å²) in [6.07, 6.45) is 4.54. The molecule has 6 rings (SSSR count). The number of methoxy groups -OCH3 is 1. The van der Waals surface area contributed by atoms with Gasteiger partial charge in [-0.25, -0.2) is 14.8 Å². The van der Waals surface area contributed by atoms with Crippen LogP contribution in [0, 0.1) is 5.92 Å². The van der Waals surface area contributed by atoms with E-state index < -0.39 is 12.1 Å². The standard InChI is InChI=1S/C34H38N8O5/c1-20(2)31(40-34(46)47-3)33(45)42-14-4-5-27(42)32-37-16-26(39-32)24-12-8-22(9-13-24)21-6-10-23(11-7-21)25-15-35-28(38-25)18-41-19-29(43)36-17-30(41)44/h6-13,15-16,20,27,31H,4-5,14,17-19H2,1-3H3,(H,35,38)(H,36,43)(H,37,39)(H,40,46)/t27-,31-/m0/s1. The van der Waals surface area contributed by atoms with Gasteiger partial charge in [0.15, 0.2) is 0 Å². The summed E-state index contributed by atoms with van der Waals surface area (Å²) in [5, 5.41) is 5.23. The lowest BCUT2D eigenvalue weighted by Gasteiger charge is -2.30. The Balaban J connectivity index is 1.10. The number of benzene rings is 2. The number of rotatable bonds is 9. The van der Waals surface area contributed by atoms with E-state index in [1.54, 1.807) is 17.3 Å². The minimum Gasteiger partial charge on any atom is -0.453 e. The van der Waals surface area contributed by atoms with Crippen molar-refractivity contribution < 1.29 is 23.9 Å². The number of ether oxygens (including phenoxy) is 1. The number of H-pyrrole nitrogens is 2. The fourth-order valence-corrected chi connectivity index (χ4v) is 6.05. The van der Waals surface area contributed by atoms with Crippen molar-refractivity contribution in [3.05, 3.63) is 72.6 Å². The van der Waals surface area contributed by atoms with E-state index in [1.807, 2.05) is 50.2 Å². The van der Waals surface area contributed by atoms with Crippen molar-refractivity contribution in [3.8, 4) is 33.6 Å². The average Bonchev–Trinajstić information content (AvgIpc) is 3.86. The molecule has 47 heavy (non-hydrogen) atoms. The predicted octanol–water partition coefficient (Wildman–Crippen LogP) is 3.64. The van der Waals surface area contributed by atoms with Gasteiger partial charge in [0, 0.05) is 6.54 Å². The number of likely N-dealkylation sites (tertiary alicyclic amines) is 1. The number of nitrogens with zero attached hydrogens (tertiary/aromatic N) is 4. The Hall–Kier alpha value is -5.46. The molecule has 244 valence electrons. The van der Waals surface area contributed by atoms with E-state index in [4.69, 9.17) is 4.74 Å². The number of carbonyl (C=O) groups excluding carboxylic acids is 4. The number of hydrogen-bond donors (Lipinski definition) is 4. The molecule has 0 radical (unpaired) electrons. The summed E-state index contributed by atoms with van der Waals surface area (Å²) in [5.74, 6) is 0.791. The molecule has 13 nitrogen and oxygen atoms in total. The van der Waals surface area contributed by atoms with Gasteiger partial charge in [0.05, 0.1) is 50.0 Å². The lowest BCUT2D eigenvalue weighted by Crippen LogP contribution is -2.51. The van der Waals surface area contributed by atoms with Crippen molar-refractivity contribution >= 4 is 23.8 Å². The second-order valence-electron chi connectivity index (χ2n) is 12.2. The van der Waals surface area contributed by atoms with E-state index in [-0.39, 0.29) is 49.3 Å². The molecule has 0 bridgehead atoms. The minimum atomic E-state index is -0.682. The molecule has 2 aromatic heterocycles. The molecule has 0 aliphatic carbocycles. The fourth-order valence-electron chi connectivity index (χ4n) is 6.05. The van der Waals surface area contributed by atoms with Crippen molar-refractivity contribution in [2.45, 2.75) is 45.3 Å². The quantitative estimate of drug-likeness (QED) is 0.217. The average molecular weight is 639 g/mol. The maximum atomic E-state index is 13.5. The maximum absolute atomic E-state index is 13.5. The summed E-state index contributed by atoms with van der Waals surface area (Å²) in [6.45, 7) is 4.68. The summed E-state index contributed by atoms with van der Waals surface area (Å²) in [4.78, 5) is 68.1. The van der Waals surface area contributed by atoms with Crippen molar-refractivity contribution in [2.75, 3.05) is 26.7 Å². The lowest BCUT2D eigenvalue weighted by molar-refractivity contribution is -0.141. The van der Waals surface area contributed by atoms with E-state index in [0.29, 0.717) is 12.4 Å². The van der Waals surface area contributed by atoms with Crippen LogP contribution in [0.5, 0.6) is 0 Å². The van der Waals surface area contributed by atoms with Gasteiger partial charge in [-0.3, -0.25) is 14.4 Å². The number of alkyl carbamates (subject to hydrolysis) is 1. The lowest BCUT2D eigenvalue weighted by atomic mass is 10.0. The van der Waals surface area contributed by atoms with Crippen LogP contribution in [-0.2, 0) is 25.7 Å². The van der Waals surface area contributed by atoms with Crippen LogP contribution in [0.4, 0.5) is 4.79 Å². The first-order chi connectivity index (χ1) is 22.7. The molecule has 2 aliphatic heterocycles. The molecular weight excluding hydrogens is 600 g/mol. The zero-order chi connectivity index (χ0) is 33.1. The van der Waals surface area contributed by atoms with E-state index in [9.17, 15) is 19.2 Å². The molecule has 2 saturated heterocycles. The summed E-state index contributed by atoms with van der Waals surface area (Å²) >= 11 is 0. The van der Waals surface area contributed by atoms with Gasteiger partial charge >= 0.3 is 6.09 Å². The number of hydrogen-bond acceptors (Lipinski definition) is 7. The van der Waals surface area contributed by atoms with Gasteiger partial charge in [0.2, 0.25) is 17.7 Å². The van der Waals surface area contributed by atoms with Gasteiger partial charge in [0.25, 0.3) is 0 Å². The topological polar surface area (TPSA) is 165 Å². The zero-order valence-corrected chi connectivity index (χ0v) is 26.6. The molecule has 2 aromatic carbocycles. The van der Waals surface area contributed by atoms with Crippen LogP contribution in [0.1, 0.15) is 44.4 Å². The Morgan fingerprint density at radius 2 is 1.55 bits per heavy atom.